The van der Waals surface area contributed by atoms with E-state index in [-0.39, 0.29) is 18.0 Å². The van der Waals surface area contributed by atoms with Gasteiger partial charge in [0.25, 0.3) is 0 Å². The molecule has 9 heteroatoms. The summed E-state index contributed by atoms with van der Waals surface area (Å²) < 4.78 is 8.49. The van der Waals surface area contributed by atoms with Crippen LogP contribution in [0.1, 0.15) is 18.4 Å². The van der Waals surface area contributed by atoms with E-state index in [0.717, 1.165) is 5.56 Å². The fraction of sp³-hybridized carbons (Fsp3) is 0.174. The number of ether oxygens (including phenoxy) is 1. The fourth-order valence-electron chi connectivity index (χ4n) is 3.23. The van der Waals surface area contributed by atoms with E-state index in [1.54, 1.807) is 42.6 Å². The first-order chi connectivity index (χ1) is 15.5. The molecule has 2 aromatic heterocycles. The fourth-order valence-corrected chi connectivity index (χ4v) is 3.57. The molecular formula is C23H20Cl2N4O3. The van der Waals surface area contributed by atoms with Crippen molar-refractivity contribution in [3.8, 4) is 5.75 Å². The summed E-state index contributed by atoms with van der Waals surface area (Å²) in [7, 11) is 0. The Kier molecular flexibility index (Phi) is 6.78. The second kappa shape index (κ2) is 9.89. The lowest BCUT2D eigenvalue weighted by atomic mass is 10.2. The van der Waals surface area contributed by atoms with E-state index in [9.17, 15) is 9.59 Å². The molecule has 0 saturated carbocycles. The molecule has 2 heterocycles. The third-order valence-corrected chi connectivity index (χ3v) is 5.55. The molecule has 0 fully saturated rings. The van der Waals surface area contributed by atoms with Crippen LogP contribution in [-0.4, -0.2) is 26.7 Å². The molecule has 0 spiro atoms. The summed E-state index contributed by atoms with van der Waals surface area (Å²) >= 11 is 12.0. The molecule has 0 aliphatic rings. The minimum Gasteiger partial charge on any atom is -0.492 e. The molecule has 0 aliphatic heterocycles. The minimum absolute atomic E-state index is 0.132. The Hall–Kier alpha value is -3.29. The van der Waals surface area contributed by atoms with Crippen molar-refractivity contribution in [3.63, 3.8) is 0 Å². The highest BCUT2D eigenvalue weighted by Gasteiger charge is 2.09. The first kappa shape index (κ1) is 21.9. The summed E-state index contributed by atoms with van der Waals surface area (Å²) in [4.78, 5) is 24.8. The van der Waals surface area contributed by atoms with Crippen LogP contribution >= 0.6 is 23.2 Å². The van der Waals surface area contributed by atoms with Crippen molar-refractivity contribution in [2.45, 2.75) is 19.4 Å². The van der Waals surface area contributed by atoms with Gasteiger partial charge in [-0.15, -0.1) is 5.10 Å². The highest BCUT2D eigenvalue weighted by molar-refractivity contribution is 6.42. The van der Waals surface area contributed by atoms with Crippen LogP contribution in [0.15, 0.2) is 71.7 Å². The molecule has 2 aromatic carbocycles. The average molecular weight is 471 g/mol. The lowest BCUT2D eigenvalue weighted by Gasteiger charge is -2.10. The minimum atomic E-state index is -0.213. The zero-order valence-corrected chi connectivity index (χ0v) is 18.5. The largest absolute Gasteiger partial charge is 0.492 e. The third-order valence-electron chi connectivity index (χ3n) is 4.75. The van der Waals surface area contributed by atoms with Gasteiger partial charge in [-0.1, -0.05) is 47.5 Å². The van der Waals surface area contributed by atoms with Crippen LogP contribution in [0.5, 0.6) is 5.75 Å². The van der Waals surface area contributed by atoms with E-state index < -0.39 is 0 Å². The van der Waals surface area contributed by atoms with Gasteiger partial charge in [0.15, 0.2) is 5.65 Å². The van der Waals surface area contributed by atoms with Gasteiger partial charge in [0.2, 0.25) is 5.91 Å². The number of nitrogens with one attached hydrogen (secondary N) is 1. The molecule has 32 heavy (non-hydrogen) atoms. The van der Waals surface area contributed by atoms with Gasteiger partial charge in [0.1, 0.15) is 10.8 Å². The molecule has 0 unspecified atom stereocenters. The summed E-state index contributed by atoms with van der Waals surface area (Å²) in [6, 6.07) is 17.9. The van der Waals surface area contributed by atoms with Crippen LogP contribution in [0.3, 0.4) is 0 Å². The summed E-state index contributed by atoms with van der Waals surface area (Å²) in [5.74, 6) is 0.363. The van der Waals surface area contributed by atoms with Crippen LogP contribution in [0.2, 0.25) is 10.0 Å². The van der Waals surface area contributed by atoms with Gasteiger partial charge in [-0.25, -0.2) is 9.48 Å². The molecule has 0 atom stereocenters. The molecule has 4 aromatic rings. The summed E-state index contributed by atoms with van der Waals surface area (Å²) in [5, 5.41) is 7.99. The highest BCUT2D eigenvalue weighted by atomic mass is 35.5. The smallest absolute Gasteiger partial charge is 0.350 e. The van der Waals surface area contributed by atoms with Gasteiger partial charge in [-0.3, -0.25) is 9.20 Å². The lowest BCUT2D eigenvalue weighted by molar-refractivity contribution is -0.116. The van der Waals surface area contributed by atoms with Crippen molar-refractivity contribution in [1.82, 2.24) is 14.2 Å². The van der Waals surface area contributed by atoms with Crippen LogP contribution in [0.25, 0.3) is 5.65 Å². The Balaban J connectivity index is 1.31. The number of hydrogen-bond acceptors (Lipinski definition) is 4. The molecule has 1 N–H and O–H groups in total. The average Bonchev–Trinajstić information content (AvgIpc) is 3.10. The molecule has 0 saturated heterocycles. The van der Waals surface area contributed by atoms with Crippen LogP contribution in [0.4, 0.5) is 5.69 Å². The summed E-state index contributed by atoms with van der Waals surface area (Å²) in [6.45, 7) is 0.642. The zero-order chi connectivity index (χ0) is 22.5. The number of nitrogens with zero attached hydrogens (tertiary/aromatic N) is 3. The molecule has 0 bridgehead atoms. The SMILES string of the molecule is O=C(CCCOc1cccc(Cl)c1Cl)Nc1cccc(Cn2nc3ccccn3c2=O)c1. The predicted molar refractivity (Wildman–Crippen MR) is 125 cm³/mol. The van der Waals surface area contributed by atoms with Gasteiger partial charge in [0.05, 0.1) is 18.2 Å². The summed E-state index contributed by atoms with van der Waals surface area (Å²) in [5.41, 5.74) is 1.88. The van der Waals surface area contributed by atoms with Crippen LogP contribution < -0.4 is 15.7 Å². The predicted octanol–water partition coefficient (Wildman–Crippen LogP) is 4.65. The Labute approximate surface area is 194 Å². The van der Waals surface area contributed by atoms with Crippen molar-refractivity contribution in [2.75, 3.05) is 11.9 Å². The zero-order valence-electron chi connectivity index (χ0n) is 17.0. The highest BCUT2D eigenvalue weighted by Crippen LogP contribution is 2.31. The number of carbonyl (C=O) groups is 1. The van der Waals surface area contributed by atoms with Crippen molar-refractivity contribution >= 4 is 40.4 Å². The Morgan fingerprint density at radius 1 is 1.06 bits per heavy atom. The molecule has 1 amide bonds. The Morgan fingerprint density at radius 3 is 2.75 bits per heavy atom. The Morgan fingerprint density at radius 2 is 1.91 bits per heavy atom. The quantitative estimate of drug-likeness (QED) is 0.380. The normalized spacial score (nSPS) is 10.9. The van der Waals surface area contributed by atoms with Gasteiger partial charge in [0, 0.05) is 18.3 Å². The van der Waals surface area contributed by atoms with E-state index in [2.05, 4.69) is 10.4 Å². The standard InChI is InChI=1S/C23H20Cl2N4O3/c24-18-8-4-9-19(22(18)25)32-13-5-11-21(30)26-17-7-3-6-16(14-17)15-29-23(31)28-12-2-1-10-20(28)27-29/h1-4,6-10,12,14H,5,11,13,15H2,(H,26,30). The second-order valence-corrected chi connectivity index (χ2v) is 7.91. The molecule has 164 valence electrons. The van der Waals surface area contributed by atoms with Gasteiger partial charge >= 0.3 is 5.69 Å². The van der Waals surface area contributed by atoms with E-state index in [1.807, 2.05) is 24.3 Å². The molecular weight excluding hydrogens is 451 g/mol. The van der Waals surface area contributed by atoms with Gasteiger partial charge in [-0.05, 0) is 48.4 Å². The molecule has 4 rings (SSSR count). The topological polar surface area (TPSA) is 77.6 Å². The Bertz CT molecular complexity index is 1320. The second-order valence-electron chi connectivity index (χ2n) is 7.12. The number of amides is 1. The van der Waals surface area contributed by atoms with E-state index in [1.165, 1.54) is 9.08 Å². The van der Waals surface area contributed by atoms with E-state index in [0.29, 0.717) is 46.7 Å². The molecule has 7 nitrogen and oxygen atoms in total. The monoisotopic (exact) mass is 470 g/mol. The molecule has 0 aliphatic carbocycles. The van der Waals surface area contributed by atoms with Crippen LogP contribution in [-0.2, 0) is 11.3 Å². The maximum Gasteiger partial charge on any atom is 0.350 e. The van der Waals surface area contributed by atoms with Crippen LogP contribution in [0, 0.1) is 0 Å². The first-order valence-corrected chi connectivity index (χ1v) is 10.8. The third kappa shape index (κ3) is 5.12. The van der Waals surface area contributed by atoms with Crippen molar-refractivity contribution in [1.29, 1.82) is 0 Å². The number of carbonyl (C=O) groups excluding carboxylic acids is 1. The number of anilines is 1. The maximum atomic E-state index is 12.5. The van der Waals surface area contributed by atoms with E-state index in [4.69, 9.17) is 27.9 Å². The van der Waals surface area contributed by atoms with Gasteiger partial charge in [-0.2, -0.15) is 0 Å². The molecule has 0 radical (unpaired) electrons. The number of aromatic nitrogens is 3. The number of halogens is 2. The number of benzene rings is 2. The number of pyridine rings is 1. The first-order valence-electron chi connectivity index (χ1n) is 10.0. The van der Waals surface area contributed by atoms with Crippen molar-refractivity contribution in [3.05, 3.63) is 93.0 Å². The number of hydrogen-bond donors (Lipinski definition) is 1. The summed E-state index contributed by atoms with van der Waals surface area (Å²) in [6.07, 6.45) is 2.49. The van der Waals surface area contributed by atoms with Crippen molar-refractivity contribution < 1.29 is 9.53 Å². The van der Waals surface area contributed by atoms with E-state index >= 15 is 0 Å². The van der Waals surface area contributed by atoms with Crippen molar-refractivity contribution in [2.24, 2.45) is 0 Å². The van der Waals surface area contributed by atoms with Gasteiger partial charge < -0.3 is 10.1 Å². The lowest BCUT2D eigenvalue weighted by Crippen LogP contribution is -2.21. The maximum absolute atomic E-state index is 12.5. The number of fused-ring (bicyclic) bond motifs is 1. The number of rotatable bonds is 8.